The molecule has 1 rings (SSSR count). The second kappa shape index (κ2) is 8.47. The number of nitrogens with one attached hydrogen (secondary N) is 1. The number of ether oxygens (including phenoxy) is 1. The van der Waals surface area contributed by atoms with Gasteiger partial charge in [0.2, 0.25) is 5.91 Å². The lowest BCUT2D eigenvalue weighted by Gasteiger charge is -2.23. The molecule has 21 heavy (non-hydrogen) atoms. The number of benzene rings is 1. The zero-order valence-electron chi connectivity index (χ0n) is 13.1. The minimum atomic E-state index is -0.130. The molecule has 0 saturated carbocycles. The molecular formula is C17H25NO3. The molecule has 0 aliphatic rings. The third kappa shape index (κ3) is 6.95. The van der Waals surface area contributed by atoms with Crippen molar-refractivity contribution in [1.82, 2.24) is 5.32 Å². The Labute approximate surface area is 126 Å². The van der Waals surface area contributed by atoms with E-state index in [1.165, 1.54) is 6.08 Å². The zero-order valence-corrected chi connectivity index (χ0v) is 13.1. The molecule has 0 fully saturated rings. The van der Waals surface area contributed by atoms with Gasteiger partial charge in [0.15, 0.2) is 0 Å². The minimum absolute atomic E-state index is 0.0998. The Morgan fingerprint density at radius 1 is 1.33 bits per heavy atom. The van der Waals surface area contributed by atoms with Crippen molar-refractivity contribution in [2.45, 2.75) is 27.2 Å². The number of aliphatic hydroxyl groups is 1. The van der Waals surface area contributed by atoms with Crippen molar-refractivity contribution in [2.75, 3.05) is 19.8 Å². The Kier molecular flexibility index (Phi) is 6.96. The topological polar surface area (TPSA) is 58.6 Å². The van der Waals surface area contributed by atoms with Crippen LogP contribution in [0, 0.1) is 5.41 Å². The summed E-state index contributed by atoms with van der Waals surface area (Å²) in [7, 11) is 0. The maximum Gasteiger partial charge on any atom is 0.244 e. The van der Waals surface area contributed by atoms with Crippen LogP contribution in [-0.4, -0.2) is 30.8 Å². The minimum Gasteiger partial charge on any atom is -0.494 e. The van der Waals surface area contributed by atoms with Crippen LogP contribution in [0.25, 0.3) is 6.08 Å². The fourth-order valence-electron chi connectivity index (χ4n) is 1.79. The number of hydrogen-bond donors (Lipinski definition) is 2. The van der Waals surface area contributed by atoms with E-state index in [1.807, 2.05) is 45.0 Å². The van der Waals surface area contributed by atoms with Crippen molar-refractivity contribution in [3.05, 3.63) is 35.9 Å². The molecule has 1 aromatic rings. The van der Waals surface area contributed by atoms with Crippen molar-refractivity contribution in [3.63, 3.8) is 0 Å². The van der Waals surface area contributed by atoms with Gasteiger partial charge in [0, 0.05) is 19.2 Å². The number of aliphatic hydroxyl groups excluding tert-OH is 1. The zero-order chi connectivity index (χ0) is 15.7. The van der Waals surface area contributed by atoms with Gasteiger partial charge in [-0.1, -0.05) is 26.0 Å². The number of amides is 1. The third-order valence-corrected chi connectivity index (χ3v) is 3.15. The van der Waals surface area contributed by atoms with Gasteiger partial charge < -0.3 is 15.2 Å². The lowest BCUT2D eigenvalue weighted by molar-refractivity contribution is -0.116. The van der Waals surface area contributed by atoms with Crippen LogP contribution in [0.15, 0.2) is 30.3 Å². The molecule has 0 saturated heterocycles. The maximum absolute atomic E-state index is 11.8. The van der Waals surface area contributed by atoms with E-state index in [-0.39, 0.29) is 17.9 Å². The summed E-state index contributed by atoms with van der Waals surface area (Å²) in [4.78, 5) is 11.8. The number of rotatable bonds is 8. The molecule has 1 aromatic carbocycles. The average Bonchev–Trinajstić information content (AvgIpc) is 2.45. The normalized spacial score (nSPS) is 11.6. The van der Waals surface area contributed by atoms with Gasteiger partial charge >= 0.3 is 0 Å². The van der Waals surface area contributed by atoms with Crippen molar-refractivity contribution in [3.8, 4) is 5.75 Å². The molecule has 0 spiro atoms. The summed E-state index contributed by atoms with van der Waals surface area (Å²) in [5.74, 6) is 0.694. The van der Waals surface area contributed by atoms with Crippen LogP contribution in [0.2, 0.25) is 0 Å². The third-order valence-electron chi connectivity index (χ3n) is 3.15. The lowest BCUT2D eigenvalue weighted by Crippen LogP contribution is -2.33. The molecule has 0 bridgehead atoms. The first kappa shape index (κ1) is 17.2. The van der Waals surface area contributed by atoms with Gasteiger partial charge in [-0.25, -0.2) is 0 Å². The quantitative estimate of drug-likeness (QED) is 0.724. The van der Waals surface area contributed by atoms with Crippen LogP contribution in [0.4, 0.5) is 0 Å². The Morgan fingerprint density at radius 3 is 2.57 bits per heavy atom. The van der Waals surface area contributed by atoms with Crippen LogP contribution in [-0.2, 0) is 4.79 Å². The summed E-state index contributed by atoms with van der Waals surface area (Å²) in [6.45, 7) is 7.28. The van der Waals surface area contributed by atoms with Gasteiger partial charge in [-0.15, -0.1) is 0 Å². The summed E-state index contributed by atoms with van der Waals surface area (Å²) >= 11 is 0. The van der Waals surface area contributed by atoms with Gasteiger partial charge in [-0.3, -0.25) is 4.79 Å². The van der Waals surface area contributed by atoms with Crippen LogP contribution >= 0.6 is 0 Å². The predicted molar refractivity (Wildman–Crippen MR) is 85.1 cm³/mol. The van der Waals surface area contributed by atoms with E-state index < -0.39 is 0 Å². The standard InChI is InChI=1S/C17H25NO3/c1-4-21-15-8-5-14(6-9-15)7-10-16(20)18-13-17(2,3)11-12-19/h5-10,19H,4,11-13H2,1-3H3,(H,18,20)/b10-7+. The van der Waals surface area contributed by atoms with Crippen LogP contribution in [0.5, 0.6) is 5.75 Å². The Morgan fingerprint density at radius 2 is 2.00 bits per heavy atom. The Balaban J connectivity index is 2.46. The SMILES string of the molecule is CCOc1ccc(/C=C/C(=O)NCC(C)(C)CCO)cc1. The van der Waals surface area contributed by atoms with E-state index in [2.05, 4.69) is 5.32 Å². The van der Waals surface area contributed by atoms with Gasteiger partial charge in [0.25, 0.3) is 0 Å². The van der Waals surface area contributed by atoms with Crippen LogP contribution < -0.4 is 10.1 Å². The summed E-state index contributed by atoms with van der Waals surface area (Å²) in [6.07, 6.45) is 3.95. The van der Waals surface area contributed by atoms with E-state index in [9.17, 15) is 4.79 Å². The fraction of sp³-hybridized carbons (Fsp3) is 0.471. The molecular weight excluding hydrogens is 266 g/mol. The van der Waals surface area contributed by atoms with E-state index in [0.29, 0.717) is 19.6 Å². The number of carbonyl (C=O) groups excluding carboxylic acids is 1. The van der Waals surface area contributed by atoms with Crippen molar-refractivity contribution < 1.29 is 14.6 Å². The largest absolute Gasteiger partial charge is 0.494 e. The van der Waals surface area contributed by atoms with E-state index in [1.54, 1.807) is 6.08 Å². The highest BCUT2D eigenvalue weighted by molar-refractivity contribution is 5.91. The lowest BCUT2D eigenvalue weighted by atomic mass is 9.90. The fourth-order valence-corrected chi connectivity index (χ4v) is 1.79. The van der Waals surface area contributed by atoms with Crippen molar-refractivity contribution in [2.24, 2.45) is 5.41 Å². The molecule has 0 aliphatic carbocycles. The highest BCUT2D eigenvalue weighted by Gasteiger charge is 2.17. The van der Waals surface area contributed by atoms with Crippen molar-refractivity contribution >= 4 is 12.0 Å². The molecule has 0 unspecified atom stereocenters. The molecule has 0 atom stereocenters. The second-order valence-corrected chi connectivity index (χ2v) is 5.69. The molecule has 0 aromatic heterocycles. The highest BCUT2D eigenvalue weighted by atomic mass is 16.5. The van der Waals surface area contributed by atoms with Crippen LogP contribution in [0.3, 0.4) is 0 Å². The molecule has 0 radical (unpaired) electrons. The van der Waals surface area contributed by atoms with Gasteiger partial charge in [0.05, 0.1) is 6.61 Å². The van der Waals surface area contributed by atoms with Crippen LogP contribution in [0.1, 0.15) is 32.8 Å². The summed E-state index contributed by atoms with van der Waals surface area (Å²) in [6, 6.07) is 7.58. The second-order valence-electron chi connectivity index (χ2n) is 5.69. The Bertz CT molecular complexity index is 463. The van der Waals surface area contributed by atoms with Crippen molar-refractivity contribution in [1.29, 1.82) is 0 Å². The molecule has 0 heterocycles. The Hall–Kier alpha value is -1.81. The predicted octanol–water partition coefficient (Wildman–Crippen LogP) is 2.62. The first-order valence-electron chi connectivity index (χ1n) is 7.26. The smallest absolute Gasteiger partial charge is 0.244 e. The molecule has 2 N–H and O–H groups in total. The summed E-state index contributed by atoms with van der Waals surface area (Å²) in [5, 5.41) is 11.8. The molecule has 116 valence electrons. The number of carbonyl (C=O) groups is 1. The summed E-state index contributed by atoms with van der Waals surface area (Å²) < 4.78 is 5.36. The van der Waals surface area contributed by atoms with Gasteiger partial charge in [-0.2, -0.15) is 0 Å². The van der Waals surface area contributed by atoms with Gasteiger partial charge in [-0.05, 0) is 42.5 Å². The molecule has 1 amide bonds. The summed E-state index contributed by atoms with van der Waals surface area (Å²) in [5.41, 5.74) is 0.848. The number of hydrogen-bond acceptors (Lipinski definition) is 3. The monoisotopic (exact) mass is 291 g/mol. The van der Waals surface area contributed by atoms with E-state index >= 15 is 0 Å². The first-order chi connectivity index (χ1) is 9.96. The van der Waals surface area contributed by atoms with E-state index in [4.69, 9.17) is 9.84 Å². The first-order valence-corrected chi connectivity index (χ1v) is 7.26. The molecule has 4 heteroatoms. The molecule has 4 nitrogen and oxygen atoms in total. The van der Waals surface area contributed by atoms with Gasteiger partial charge in [0.1, 0.15) is 5.75 Å². The van der Waals surface area contributed by atoms with E-state index in [0.717, 1.165) is 11.3 Å². The maximum atomic E-state index is 11.8. The average molecular weight is 291 g/mol. The molecule has 0 aliphatic heterocycles. The highest BCUT2D eigenvalue weighted by Crippen LogP contribution is 2.18.